The second-order valence-corrected chi connectivity index (χ2v) is 4.65. The van der Waals surface area contributed by atoms with E-state index < -0.39 is 0 Å². The summed E-state index contributed by atoms with van der Waals surface area (Å²) in [6, 6.07) is 17.0. The lowest BCUT2D eigenvalue weighted by molar-refractivity contribution is 0.309. The number of benzene rings is 2. The second-order valence-electron chi connectivity index (χ2n) is 4.65. The molecule has 0 amide bonds. The monoisotopic (exact) mass is 275 g/mol. The Hall–Kier alpha value is -3.06. The number of para-hydroxylation sites is 1. The predicted molar refractivity (Wildman–Crippen MR) is 81.6 cm³/mol. The van der Waals surface area contributed by atoms with Gasteiger partial charge < -0.3 is 10.5 Å². The van der Waals surface area contributed by atoms with Crippen LogP contribution >= 0.6 is 0 Å². The number of rotatable bonds is 3. The van der Waals surface area contributed by atoms with Crippen molar-refractivity contribution >= 4 is 16.6 Å². The normalized spacial score (nSPS) is 10.2. The molecule has 1 aromatic heterocycles. The molecule has 0 spiro atoms. The second kappa shape index (κ2) is 5.51. The Labute approximate surface area is 122 Å². The Morgan fingerprint density at radius 3 is 2.81 bits per heavy atom. The largest absolute Gasteiger partial charge is 0.487 e. The maximum atomic E-state index is 8.82. The first-order chi connectivity index (χ1) is 10.3. The maximum Gasteiger partial charge on any atom is 0.142 e. The lowest BCUT2D eigenvalue weighted by Crippen LogP contribution is -2.00. The van der Waals surface area contributed by atoms with E-state index in [1.165, 1.54) is 0 Å². The summed E-state index contributed by atoms with van der Waals surface area (Å²) >= 11 is 0. The van der Waals surface area contributed by atoms with Crippen LogP contribution in [0, 0.1) is 11.3 Å². The molecule has 1 heterocycles. The van der Waals surface area contributed by atoms with Gasteiger partial charge in [-0.3, -0.25) is 4.98 Å². The number of nitrogen functional groups attached to an aromatic ring is 1. The molecular formula is C17H13N3O. The highest BCUT2D eigenvalue weighted by molar-refractivity contribution is 5.81. The molecule has 3 rings (SSSR count). The fraction of sp³-hybridized carbons (Fsp3) is 0.0588. The summed E-state index contributed by atoms with van der Waals surface area (Å²) in [6.45, 7) is 0.379. The van der Waals surface area contributed by atoms with Gasteiger partial charge in [-0.1, -0.05) is 24.3 Å². The summed E-state index contributed by atoms with van der Waals surface area (Å²) in [7, 11) is 0. The van der Waals surface area contributed by atoms with E-state index in [1.807, 2.05) is 36.4 Å². The molecule has 3 aromatic rings. The highest BCUT2D eigenvalue weighted by atomic mass is 16.5. The number of pyridine rings is 1. The minimum absolute atomic E-state index is 0.379. The molecule has 0 unspecified atom stereocenters. The number of fused-ring (bicyclic) bond motifs is 1. The van der Waals surface area contributed by atoms with Crippen molar-refractivity contribution in [2.75, 3.05) is 5.73 Å². The van der Waals surface area contributed by atoms with Gasteiger partial charge in [0.1, 0.15) is 12.4 Å². The Bertz CT molecular complexity index is 832. The fourth-order valence-electron chi connectivity index (χ4n) is 2.19. The zero-order valence-electron chi connectivity index (χ0n) is 11.3. The van der Waals surface area contributed by atoms with Crippen LogP contribution < -0.4 is 10.5 Å². The van der Waals surface area contributed by atoms with Gasteiger partial charge in [-0.25, -0.2) is 0 Å². The molecule has 0 aliphatic heterocycles. The first kappa shape index (κ1) is 12.9. The number of nitrogens with two attached hydrogens (primary N) is 1. The van der Waals surface area contributed by atoms with Crippen LogP contribution in [0.4, 0.5) is 5.69 Å². The first-order valence-corrected chi connectivity index (χ1v) is 6.53. The van der Waals surface area contributed by atoms with Crippen LogP contribution in [0.25, 0.3) is 10.9 Å². The zero-order valence-corrected chi connectivity index (χ0v) is 11.3. The standard InChI is InChI=1S/C17H13N3O/c18-10-12-6-7-16(15(19)9-12)21-11-14-4-1-3-13-5-2-8-20-17(13)14/h1-9H,11,19H2. The van der Waals surface area contributed by atoms with E-state index in [-0.39, 0.29) is 0 Å². The van der Waals surface area contributed by atoms with Gasteiger partial charge in [0.05, 0.1) is 22.8 Å². The molecule has 4 nitrogen and oxygen atoms in total. The van der Waals surface area contributed by atoms with Crippen molar-refractivity contribution in [1.29, 1.82) is 5.26 Å². The number of hydrogen-bond donors (Lipinski definition) is 1. The van der Waals surface area contributed by atoms with Gasteiger partial charge in [0.25, 0.3) is 0 Å². The van der Waals surface area contributed by atoms with E-state index in [0.29, 0.717) is 23.6 Å². The van der Waals surface area contributed by atoms with Gasteiger partial charge in [-0.15, -0.1) is 0 Å². The van der Waals surface area contributed by atoms with E-state index in [2.05, 4.69) is 4.98 Å². The van der Waals surface area contributed by atoms with E-state index >= 15 is 0 Å². The number of anilines is 1. The molecule has 0 bridgehead atoms. The number of aromatic nitrogens is 1. The topological polar surface area (TPSA) is 71.9 Å². The highest BCUT2D eigenvalue weighted by Gasteiger charge is 2.05. The average Bonchev–Trinajstić information content (AvgIpc) is 2.53. The van der Waals surface area contributed by atoms with Gasteiger partial charge in [0.15, 0.2) is 0 Å². The van der Waals surface area contributed by atoms with Gasteiger partial charge in [0, 0.05) is 17.1 Å². The van der Waals surface area contributed by atoms with Crippen molar-refractivity contribution in [2.45, 2.75) is 6.61 Å². The third-order valence-corrected chi connectivity index (χ3v) is 3.24. The Balaban J connectivity index is 1.86. The molecule has 102 valence electrons. The van der Waals surface area contributed by atoms with Gasteiger partial charge >= 0.3 is 0 Å². The minimum atomic E-state index is 0.379. The van der Waals surface area contributed by atoms with Crippen LogP contribution in [0.5, 0.6) is 5.75 Å². The van der Waals surface area contributed by atoms with Crippen LogP contribution in [0.15, 0.2) is 54.7 Å². The third-order valence-electron chi connectivity index (χ3n) is 3.24. The maximum absolute atomic E-state index is 8.82. The summed E-state index contributed by atoms with van der Waals surface area (Å²) in [6.07, 6.45) is 1.77. The van der Waals surface area contributed by atoms with Crippen LogP contribution in [0.3, 0.4) is 0 Å². The third kappa shape index (κ3) is 2.63. The van der Waals surface area contributed by atoms with Crippen LogP contribution in [-0.2, 0) is 6.61 Å². The summed E-state index contributed by atoms with van der Waals surface area (Å²) in [5, 5.41) is 9.90. The predicted octanol–water partition coefficient (Wildman–Crippen LogP) is 3.27. The summed E-state index contributed by atoms with van der Waals surface area (Å²) in [5.41, 5.74) is 8.78. The molecule has 0 aliphatic rings. The molecule has 0 saturated carbocycles. The zero-order chi connectivity index (χ0) is 14.7. The molecule has 0 atom stereocenters. The Morgan fingerprint density at radius 2 is 2.00 bits per heavy atom. The average molecular weight is 275 g/mol. The van der Waals surface area contributed by atoms with Crippen molar-refractivity contribution in [3.63, 3.8) is 0 Å². The summed E-state index contributed by atoms with van der Waals surface area (Å²) in [4.78, 5) is 4.39. The van der Waals surface area contributed by atoms with Crippen molar-refractivity contribution in [2.24, 2.45) is 0 Å². The molecule has 0 aliphatic carbocycles. The van der Waals surface area contributed by atoms with Gasteiger partial charge in [0.2, 0.25) is 0 Å². The van der Waals surface area contributed by atoms with Crippen molar-refractivity contribution in [1.82, 2.24) is 4.98 Å². The van der Waals surface area contributed by atoms with Crippen molar-refractivity contribution in [3.05, 3.63) is 65.9 Å². The lowest BCUT2D eigenvalue weighted by atomic mass is 10.1. The lowest BCUT2D eigenvalue weighted by Gasteiger charge is -2.10. The Morgan fingerprint density at radius 1 is 1.14 bits per heavy atom. The van der Waals surface area contributed by atoms with E-state index in [1.54, 1.807) is 24.4 Å². The number of hydrogen-bond acceptors (Lipinski definition) is 4. The molecule has 2 aromatic carbocycles. The van der Waals surface area contributed by atoms with Crippen LogP contribution in [-0.4, -0.2) is 4.98 Å². The molecule has 4 heteroatoms. The van der Waals surface area contributed by atoms with Crippen LogP contribution in [0.2, 0.25) is 0 Å². The minimum Gasteiger partial charge on any atom is -0.487 e. The quantitative estimate of drug-likeness (QED) is 0.745. The van der Waals surface area contributed by atoms with E-state index in [0.717, 1.165) is 16.5 Å². The van der Waals surface area contributed by atoms with Gasteiger partial charge in [-0.05, 0) is 24.3 Å². The number of ether oxygens (including phenoxy) is 1. The number of nitriles is 1. The SMILES string of the molecule is N#Cc1ccc(OCc2cccc3cccnc23)c(N)c1. The van der Waals surface area contributed by atoms with Crippen molar-refractivity contribution in [3.8, 4) is 11.8 Å². The summed E-state index contributed by atoms with van der Waals surface area (Å²) < 4.78 is 5.76. The van der Waals surface area contributed by atoms with Gasteiger partial charge in [-0.2, -0.15) is 5.26 Å². The Kier molecular flexibility index (Phi) is 3.40. The van der Waals surface area contributed by atoms with E-state index in [4.69, 9.17) is 15.7 Å². The molecule has 0 saturated heterocycles. The highest BCUT2D eigenvalue weighted by Crippen LogP contribution is 2.24. The summed E-state index contributed by atoms with van der Waals surface area (Å²) in [5.74, 6) is 0.571. The van der Waals surface area contributed by atoms with E-state index in [9.17, 15) is 0 Å². The molecule has 21 heavy (non-hydrogen) atoms. The molecule has 0 radical (unpaired) electrons. The van der Waals surface area contributed by atoms with Crippen LogP contribution in [0.1, 0.15) is 11.1 Å². The smallest absolute Gasteiger partial charge is 0.142 e. The van der Waals surface area contributed by atoms with Crippen molar-refractivity contribution < 1.29 is 4.74 Å². The molecular weight excluding hydrogens is 262 g/mol. The molecule has 2 N–H and O–H groups in total. The fourth-order valence-corrected chi connectivity index (χ4v) is 2.19. The first-order valence-electron chi connectivity index (χ1n) is 6.53. The molecule has 0 fully saturated rings. The number of nitrogens with zero attached hydrogens (tertiary/aromatic N) is 2.